The molecule has 0 bridgehead atoms. The Hall–Kier alpha value is -1.73. The lowest BCUT2D eigenvalue weighted by Crippen LogP contribution is -2.33. The number of aryl methyl sites for hydroxylation is 1. The monoisotopic (exact) mass is 317 g/mol. The van der Waals surface area contributed by atoms with E-state index in [0.29, 0.717) is 6.04 Å². The van der Waals surface area contributed by atoms with Gasteiger partial charge in [0.1, 0.15) is 5.82 Å². The summed E-state index contributed by atoms with van der Waals surface area (Å²) in [5, 5.41) is 14.8. The molecule has 0 saturated carbocycles. The largest absolute Gasteiger partial charge is 0.371 e. The summed E-state index contributed by atoms with van der Waals surface area (Å²) in [4.78, 5) is 6.73. The van der Waals surface area contributed by atoms with Crippen molar-refractivity contribution in [2.45, 2.75) is 31.4 Å². The van der Waals surface area contributed by atoms with Crippen LogP contribution in [-0.4, -0.2) is 46.5 Å². The summed E-state index contributed by atoms with van der Waals surface area (Å²) in [7, 11) is 0. The number of hydrogen-bond donors (Lipinski definition) is 1. The molecule has 22 heavy (non-hydrogen) atoms. The van der Waals surface area contributed by atoms with Gasteiger partial charge in [-0.2, -0.15) is 5.10 Å². The Kier molecular flexibility index (Phi) is 3.46. The van der Waals surface area contributed by atoms with Crippen molar-refractivity contribution in [3.8, 4) is 0 Å². The molecule has 2 fully saturated rings. The van der Waals surface area contributed by atoms with Crippen molar-refractivity contribution >= 4 is 22.3 Å². The van der Waals surface area contributed by atoms with Gasteiger partial charge in [-0.3, -0.25) is 0 Å². The standard InChI is InChI=1S/C15H19N5OS/c1-11-2-3-13(19-18-11)17-12-8-15(21-9-12)4-6-20(10-15)14-16-5-7-22-14/h2-3,5,7,12H,4,6,8-10H2,1H3,(H,17,19)/t12-,15-/m1/s1. The van der Waals surface area contributed by atoms with Crippen LogP contribution in [0.15, 0.2) is 23.7 Å². The highest BCUT2D eigenvalue weighted by Crippen LogP contribution is 2.38. The number of aromatic nitrogens is 3. The lowest BCUT2D eigenvalue weighted by molar-refractivity contribution is 0.0229. The third kappa shape index (κ3) is 2.66. The molecule has 2 aliphatic rings. The van der Waals surface area contributed by atoms with E-state index in [4.69, 9.17) is 4.74 Å². The van der Waals surface area contributed by atoms with Crippen LogP contribution in [0.4, 0.5) is 10.9 Å². The summed E-state index contributed by atoms with van der Waals surface area (Å²) >= 11 is 1.69. The SMILES string of the molecule is Cc1ccc(N[C@H]2CO[C@]3(CCN(c4nccs4)C3)C2)nn1. The summed E-state index contributed by atoms with van der Waals surface area (Å²) in [6, 6.07) is 4.25. The second kappa shape index (κ2) is 5.48. The summed E-state index contributed by atoms with van der Waals surface area (Å²) in [6.45, 7) is 4.61. The van der Waals surface area contributed by atoms with E-state index >= 15 is 0 Å². The van der Waals surface area contributed by atoms with Crippen LogP contribution in [0.3, 0.4) is 0 Å². The van der Waals surface area contributed by atoms with E-state index in [2.05, 4.69) is 25.4 Å². The van der Waals surface area contributed by atoms with Gasteiger partial charge in [0.25, 0.3) is 0 Å². The number of nitrogens with zero attached hydrogens (tertiary/aromatic N) is 4. The van der Waals surface area contributed by atoms with Crippen LogP contribution < -0.4 is 10.2 Å². The smallest absolute Gasteiger partial charge is 0.185 e. The van der Waals surface area contributed by atoms with Crippen LogP contribution >= 0.6 is 11.3 Å². The fourth-order valence-electron chi connectivity index (χ4n) is 3.29. The number of thiazole rings is 1. The molecule has 0 aliphatic carbocycles. The third-order valence-corrected chi connectivity index (χ3v) is 5.20. The molecule has 7 heteroatoms. The number of anilines is 2. The van der Waals surface area contributed by atoms with Gasteiger partial charge in [0, 0.05) is 31.1 Å². The van der Waals surface area contributed by atoms with Crippen molar-refractivity contribution in [2.75, 3.05) is 29.9 Å². The Morgan fingerprint density at radius 2 is 2.36 bits per heavy atom. The predicted octanol–water partition coefficient (Wildman–Crippen LogP) is 2.09. The zero-order valence-electron chi connectivity index (χ0n) is 12.5. The maximum absolute atomic E-state index is 6.16. The van der Waals surface area contributed by atoms with Crippen LogP contribution in [0, 0.1) is 6.92 Å². The number of hydrogen-bond acceptors (Lipinski definition) is 7. The topological polar surface area (TPSA) is 63.2 Å². The van der Waals surface area contributed by atoms with Crippen molar-refractivity contribution in [1.82, 2.24) is 15.2 Å². The molecule has 0 amide bonds. The van der Waals surface area contributed by atoms with Crippen molar-refractivity contribution in [3.63, 3.8) is 0 Å². The van der Waals surface area contributed by atoms with Gasteiger partial charge in [0.2, 0.25) is 0 Å². The highest BCUT2D eigenvalue weighted by molar-refractivity contribution is 7.13. The zero-order valence-corrected chi connectivity index (χ0v) is 13.3. The van der Waals surface area contributed by atoms with Gasteiger partial charge >= 0.3 is 0 Å². The minimum atomic E-state index is -0.0402. The Morgan fingerprint density at radius 3 is 3.14 bits per heavy atom. The molecule has 4 heterocycles. The summed E-state index contributed by atoms with van der Waals surface area (Å²) < 4.78 is 6.16. The fourth-order valence-corrected chi connectivity index (χ4v) is 3.96. The molecule has 1 spiro atoms. The van der Waals surface area contributed by atoms with Crippen LogP contribution in [-0.2, 0) is 4.74 Å². The van der Waals surface area contributed by atoms with Crippen molar-refractivity contribution < 1.29 is 4.74 Å². The predicted molar refractivity (Wildman–Crippen MR) is 86.4 cm³/mol. The Balaban J connectivity index is 1.39. The second-order valence-corrected chi connectivity index (χ2v) is 6.96. The lowest BCUT2D eigenvalue weighted by Gasteiger charge is -2.23. The van der Waals surface area contributed by atoms with E-state index < -0.39 is 0 Å². The summed E-state index contributed by atoms with van der Waals surface area (Å²) in [6.07, 6.45) is 3.93. The highest BCUT2D eigenvalue weighted by atomic mass is 32.1. The molecular weight excluding hydrogens is 298 g/mol. The van der Waals surface area contributed by atoms with Gasteiger partial charge in [-0.1, -0.05) is 0 Å². The second-order valence-electron chi connectivity index (χ2n) is 6.09. The van der Waals surface area contributed by atoms with E-state index in [1.807, 2.05) is 30.6 Å². The summed E-state index contributed by atoms with van der Waals surface area (Å²) in [5.74, 6) is 0.825. The molecule has 116 valence electrons. The fraction of sp³-hybridized carbons (Fsp3) is 0.533. The minimum absolute atomic E-state index is 0.0402. The number of rotatable bonds is 3. The molecule has 2 aliphatic heterocycles. The molecule has 0 radical (unpaired) electrons. The molecule has 1 N–H and O–H groups in total. The Labute approximate surface area is 133 Å². The number of nitrogens with one attached hydrogen (secondary N) is 1. The van der Waals surface area contributed by atoms with Crippen molar-refractivity contribution in [2.24, 2.45) is 0 Å². The maximum atomic E-state index is 6.16. The van der Waals surface area contributed by atoms with E-state index in [1.54, 1.807) is 11.3 Å². The Morgan fingerprint density at radius 1 is 1.41 bits per heavy atom. The minimum Gasteiger partial charge on any atom is -0.371 e. The molecule has 0 unspecified atom stereocenters. The van der Waals surface area contributed by atoms with E-state index in [1.165, 1.54) is 0 Å². The first-order valence-electron chi connectivity index (χ1n) is 7.58. The van der Waals surface area contributed by atoms with Crippen LogP contribution in [0.5, 0.6) is 0 Å². The maximum Gasteiger partial charge on any atom is 0.185 e. The van der Waals surface area contributed by atoms with Gasteiger partial charge in [0.05, 0.1) is 23.9 Å². The first-order chi connectivity index (χ1) is 10.7. The average molecular weight is 317 g/mol. The molecule has 0 aromatic carbocycles. The Bertz CT molecular complexity index is 632. The normalized spacial score (nSPS) is 27.7. The molecule has 2 saturated heterocycles. The molecule has 6 nitrogen and oxygen atoms in total. The first-order valence-corrected chi connectivity index (χ1v) is 8.46. The molecule has 2 aromatic heterocycles. The average Bonchev–Trinajstić information content (AvgIpc) is 3.24. The lowest BCUT2D eigenvalue weighted by atomic mass is 9.97. The third-order valence-electron chi connectivity index (χ3n) is 4.37. The number of ether oxygens (including phenoxy) is 1. The van der Waals surface area contributed by atoms with Gasteiger partial charge < -0.3 is 15.0 Å². The van der Waals surface area contributed by atoms with Gasteiger partial charge in [-0.05, 0) is 25.5 Å². The van der Waals surface area contributed by atoms with E-state index in [0.717, 1.165) is 49.2 Å². The highest BCUT2D eigenvalue weighted by Gasteiger charge is 2.46. The molecule has 4 rings (SSSR count). The van der Waals surface area contributed by atoms with Gasteiger partial charge in [-0.15, -0.1) is 16.4 Å². The first kappa shape index (κ1) is 13.9. The van der Waals surface area contributed by atoms with Gasteiger partial charge in [-0.25, -0.2) is 4.98 Å². The van der Waals surface area contributed by atoms with Crippen LogP contribution in [0.25, 0.3) is 0 Å². The zero-order chi connectivity index (χ0) is 15.0. The molecular formula is C15H19N5OS. The quantitative estimate of drug-likeness (QED) is 0.935. The van der Waals surface area contributed by atoms with Crippen molar-refractivity contribution in [1.29, 1.82) is 0 Å². The van der Waals surface area contributed by atoms with Crippen molar-refractivity contribution in [3.05, 3.63) is 29.4 Å². The summed E-state index contributed by atoms with van der Waals surface area (Å²) in [5.41, 5.74) is 0.890. The van der Waals surface area contributed by atoms with E-state index in [-0.39, 0.29) is 5.60 Å². The van der Waals surface area contributed by atoms with E-state index in [9.17, 15) is 0 Å². The molecule has 2 aromatic rings. The van der Waals surface area contributed by atoms with Crippen LogP contribution in [0.2, 0.25) is 0 Å². The van der Waals surface area contributed by atoms with Gasteiger partial charge in [0.15, 0.2) is 5.13 Å². The van der Waals surface area contributed by atoms with Crippen LogP contribution in [0.1, 0.15) is 18.5 Å². The molecule has 2 atom stereocenters.